The fourth-order valence-electron chi connectivity index (χ4n) is 7.32. The van der Waals surface area contributed by atoms with Crippen LogP contribution < -0.4 is 9.47 Å². The summed E-state index contributed by atoms with van der Waals surface area (Å²) in [7, 11) is 0. The molecule has 0 N–H and O–H groups in total. The molecule has 0 atom stereocenters. The van der Waals surface area contributed by atoms with Gasteiger partial charge in [-0.3, -0.25) is 0 Å². The van der Waals surface area contributed by atoms with Gasteiger partial charge in [-0.1, -0.05) is 102 Å². The molecule has 0 amide bonds. The van der Waals surface area contributed by atoms with E-state index in [9.17, 15) is 28.8 Å². The second-order valence-electron chi connectivity index (χ2n) is 16.7. The van der Waals surface area contributed by atoms with Crippen LogP contribution in [0.2, 0.25) is 0 Å². The molecule has 10 heteroatoms. The Kier molecular flexibility index (Phi) is 9.66. The van der Waals surface area contributed by atoms with Gasteiger partial charge in [-0.15, -0.1) is 0 Å². The lowest BCUT2D eigenvalue weighted by Crippen LogP contribution is -2.19. The second-order valence-corrected chi connectivity index (χ2v) is 16.7. The van der Waals surface area contributed by atoms with Crippen molar-refractivity contribution >= 4 is 35.8 Å². The molecule has 6 aromatic carbocycles. The maximum Gasteiger partial charge on any atom is 0.346 e. The smallest absolute Gasteiger partial charge is 0.346 e. The Morgan fingerprint density at radius 2 is 0.750 bits per heavy atom. The van der Waals surface area contributed by atoms with Gasteiger partial charge in [-0.05, 0) is 93.7 Å². The van der Waals surface area contributed by atoms with Gasteiger partial charge in [0.25, 0.3) is 0 Å². The van der Waals surface area contributed by atoms with E-state index < -0.39 is 46.6 Å². The Hall–Kier alpha value is -7.46. The van der Waals surface area contributed by atoms with E-state index in [4.69, 9.17) is 18.9 Å². The molecule has 0 fully saturated rings. The van der Waals surface area contributed by atoms with Gasteiger partial charge in [0.05, 0.1) is 33.4 Å². The van der Waals surface area contributed by atoms with E-state index in [0.29, 0.717) is 33.8 Å². The Bertz CT molecular complexity index is 2630. The molecule has 0 aromatic heterocycles. The van der Waals surface area contributed by atoms with Gasteiger partial charge in [0.2, 0.25) is 0 Å². The minimum Gasteiger partial charge on any atom is -0.422 e. The normalized spacial score (nSPS) is 13.4. The first-order valence-electron chi connectivity index (χ1n) is 19.2. The number of carbonyl (C=O) groups is 6. The summed E-state index contributed by atoms with van der Waals surface area (Å²) in [4.78, 5) is 76.8. The third-order valence-electron chi connectivity index (χ3n) is 10.4. The molecule has 0 radical (unpaired) electrons. The van der Waals surface area contributed by atoms with Crippen LogP contribution in [-0.2, 0) is 20.3 Å². The first-order chi connectivity index (χ1) is 28.5. The van der Waals surface area contributed by atoms with E-state index in [1.807, 2.05) is 126 Å². The summed E-state index contributed by atoms with van der Waals surface area (Å²) < 4.78 is 22.1. The third kappa shape index (κ3) is 7.28. The van der Waals surface area contributed by atoms with Crippen LogP contribution in [0.1, 0.15) is 115 Å². The lowest BCUT2D eigenvalue weighted by Gasteiger charge is -2.28. The van der Waals surface area contributed by atoms with Gasteiger partial charge in [0.1, 0.15) is 11.5 Å². The van der Waals surface area contributed by atoms with E-state index in [2.05, 4.69) is 0 Å². The van der Waals surface area contributed by atoms with Crippen molar-refractivity contribution in [2.75, 3.05) is 0 Å². The minimum absolute atomic E-state index is 0.00408. The highest BCUT2D eigenvalue weighted by atomic mass is 16.6. The molecule has 298 valence electrons. The highest BCUT2D eigenvalue weighted by Crippen LogP contribution is 2.47. The quantitative estimate of drug-likeness (QED) is 0.0871. The molecule has 0 unspecified atom stereocenters. The average Bonchev–Trinajstić information content (AvgIpc) is 3.68. The predicted octanol–water partition coefficient (Wildman–Crippen LogP) is 10.3. The monoisotopic (exact) mass is 798 g/mol. The maximum atomic E-state index is 14.0. The van der Waals surface area contributed by atoms with Crippen molar-refractivity contribution in [2.24, 2.45) is 0 Å². The Morgan fingerprint density at radius 1 is 0.400 bits per heavy atom. The highest BCUT2D eigenvalue weighted by molar-refractivity contribution is 6.16. The molecule has 8 rings (SSSR count). The lowest BCUT2D eigenvalue weighted by atomic mass is 9.79. The highest BCUT2D eigenvalue weighted by Gasteiger charge is 2.34. The van der Waals surface area contributed by atoms with Crippen LogP contribution in [0.25, 0.3) is 33.4 Å². The molecule has 0 saturated carbocycles. The number of fused-ring (bicyclic) bond motifs is 2. The molecular formula is C50H38O10. The molecule has 2 heterocycles. The number of ether oxygens (including phenoxy) is 4. The molecule has 10 nitrogen and oxygen atoms in total. The third-order valence-corrected chi connectivity index (χ3v) is 10.4. The summed E-state index contributed by atoms with van der Waals surface area (Å²) in [5.41, 5.74) is 4.99. The summed E-state index contributed by atoms with van der Waals surface area (Å²) in [6, 6.07) is 35.2. The summed E-state index contributed by atoms with van der Waals surface area (Å²) >= 11 is 0. The fraction of sp³-hybridized carbons (Fsp3) is 0.160. The number of hydrogen-bond acceptors (Lipinski definition) is 10. The van der Waals surface area contributed by atoms with Crippen LogP contribution in [0, 0.1) is 0 Å². The first-order valence-corrected chi connectivity index (χ1v) is 19.2. The van der Waals surface area contributed by atoms with E-state index >= 15 is 0 Å². The Morgan fingerprint density at radius 3 is 1.10 bits per heavy atom. The van der Waals surface area contributed by atoms with Crippen LogP contribution in [0.15, 0.2) is 121 Å². The molecule has 0 aliphatic carbocycles. The van der Waals surface area contributed by atoms with E-state index in [-0.39, 0.29) is 33.4 Å². The van der Waals surface area contributed by atoms with Crippen LogP contribution >= 0.6 is 0 Å². The molecule has 0 bridgehead atoms. The standard InChI is InChI=1S/C50H38O10/c1-49(2,3)39-25-31(23-35(27-13-9-7-10-14-27)41(39)57-43(51)29-17-19-33-37(21-29)47(55)59-45(33)53)32-24-36(28-15-11-8-12-16-28)42(40(26-32)50(4,5)6)58-44(52)30-18-20-34-38(22-30)48(56)60-46(34)54/h7-26H,1-6H3. The van der Waals surface area contributed by atoms with Crippen molar-refractivity contribution < 1.29 is 47.7 Å². The second kappa shape index (κ2) is 14.7. The Balaban J connectivity index is 1.29. The fourth-order valence-corrected chi connectivity index (χ4v) is 7.32. The molecule has 2 aliphatic rings. The molecule has 0 spiro atoms. The number of benzene rings is 6. The van der Waals surface area contributed by atoms with Crippen molar-refractivity contribution in [2.45, 2.75) is 52.4 Å². The lowest BCUT2D eigenvalue weighted by molar-refractivity contribution is 0.0425. The van der Waals surface area contributed by atoms with Crippen LogP contribution in [0.4, 0.5) is 0 Å². The van der Waals surface area contributed by atoms with Crippen LogP contribution in [-0.4, -0.2) is 35.8 Å². The van der Waals surface area contributed by atoms with Crippen LogP contribution in [0.5, 0.6) is 11.5 Å². The van der Waals surface area contributed by atoms with E-state index in [0.717, 1.165) is 22.3 Å². The number of carbonyl (C=O) groups excluding carboxylic acids is 6. The van der Waals surface area contributed by atoms with Gasteiger partial charge >= 0.3 is 35.8 Å². The van der Waals surface area contributed by atoms with Gasteiger partial charge in [-0.2, -0.15) is 0 Å². The van der Waals surface area contributed by atoms with Gasteiger partial charge < -0.3 is 18.9 Å². The summed E-state index contributed by atoms with van der Waals surface area (Å²) in [5.74, 6) is -3.99. The van der Waals surface area contributed by atoms with E-state index in [1.54, 1.807) is 0 Å². The van der Waals surface area contributed by atoms with Gasteiger partial charge in [0, 0.05) is 22.3 Å². The van der Waals surface area contributed by atoms with Crippen molar-refractivity contribution in [3.05, 3.63) is 166 Å². The number of hydrogen-bond donors (Lipinski definition) is 0. The van der Waals surface area contributed by atoms with Gasteiger partial charge in [0.15, 0.2) is 0 Å². The molecule has 2 aliphatic heterocycles. The summed E-state index contributed by atoms with van der Waals surface area (Å²) in [6.45, 7) is 12.1. The summed E-state index contributed by atoms with van der Waals surface area (Å²) in [5, 5.41) is 0. The van der Waals surface area contributed by atoms with E-state index in [1.165, 1.54) is 36.4 Å². The Labute approximate surface area is 345 Å². The van der Waals surface area contributed by atoms with Crippen molar-refractivity contribution in [3.63, 3.8) is 0 Å². The average molecular weight is 799 g/mol. The van der Waals surface area contributed by atoms with Crippen LogP contribution in [0.3, 0.4) is 0 Å². The zero-order valence-corrected chi connectivity index (χ0v) is 33.6. The number of cyclic esters (lactones) is 4. The molecule has 0 saturated heterocycles. The maximum absolute atomic E-state index is 14.0. The number of esters is 6. The van der Waals surface area contributed by atoms with Gasteiger partial charge in [-0.25, -0.2) is 28.8 Å². The first kappa shape index (κ1) is 39.4. The minimum atomic E-state index is -0.827. The largest absolute Gasteiger partial charge is 0.422 e. The van der Waals surface area contributed by atoms with Crippen molar-refractivity contribution in [1.82, 2.24) is 0 Å². The predicted molar refractivity (Wildman–Crippen MR) is 222 cm³/mol. The zero-order valence-electron chi connectivity index (χ0n) is 33.6. The topological polar surface area (TPSA) is 139 Å². The molecular weight excluding hydrogens is 761 g/mol. The molecule has 6 aromatic rings. The van der Waals surface area contributed by atoms with Crippen molar-refractivity contribution in [1.29, 1.82) is 0 Å². The zero-order chi connectivity index (χ0) is 42.7. The SMILES string of the molecule is CC(C)(C)c1cc(-c2cc(-c3ccccc3)c(OC(=O)c3ccc4c(c3)C(=O)OC4=O)c(C(C)(C)C)c2)cc(-c2ccccc2)c1OC(=O)c1ccc2c(c1)C(=O)OC2=O. The van der Waals surface area contributed by atoms with Crippen molar-refractivity contribution in [3.8, 4) is 44.9 Å². The summed E-state index contributed by atoms with van der Waals surface area (Å²) in [6.07, 6.45) is 0. The number of rotatable bonds is 7. The molecule has 60 heavy (non-hydrogen) atoms.